The molecule has 0 aromatic heterocycles. The van der Waals surface area contributed by atoms with Gasteiger partial charge in [0.25, 0.3) is 0 Å². The molecule has 2 aromatic rings. The van der Waals surface area contributed by atoms with Crippen LogP contribution < -0.4 is 34.3 Å². The second kappa shape index (κ2) is 7.02. The Morgan fingerprint density at radius 3 is 2.52 bits per heavy atom. The number of allylic oxidation sites excluding steroid dienone is 1. The Morgan fingerprint density at radius 2 is 1.86 bits per heavy atom. The molecule has 8 heteroatoms. The van der Waals surface area contributed by atoms with Crippen LogP contribution in [0.1, 0.15) is 17.0 Å². The molecule has 0 saturated heterocycles. The highest BCUT2D eigenvalue weighted by molar-refractivity contribution is 5.69. The monoisotopic (exact) mass is 395 g/mol. The van der Waals surface area contributed by atoms with E-state index in [0.29, 0.717) is 34.3 Å². The molecule has 0 aliphatic carbocycles. The number of hydrogen-bond donors (Lipinski definition) is 1. The minimum absolute atomic E-state index is 0.0552. The fourth-order valence-corrected chi connectivity index (χ4v) is 3.65. The Bertz CT molecular complexity index is 1060. The van der Waals surface area contributed by atoms with Crippen molar-refractivity contribution in [3.63, 3.8) is 0 Å². The van der Waals surface area contributed by atoms with Crippen molar-refractivity contribution >= 4 is 5.69 Å². The van der Waals surface area contributed by atoms with E-state index in [4.69, 9.17) is 29.4 Å². The zero-order chi connectivity index (χ0) is 20.7. The molecule has 0 bridgehead atoms. The van der Waals surface area contributed by atoms with Gasteiger partial charge >= 0.3 is 0 Å². The summed E-state index contributed by atoms with van der Waals surface area (Å²) in [7, 11) is 6.97. The Morgan fingerprint density at radius 1 is 1.10 bits per heavy atom. The number of ether oxygens (including phenoxy) is 5. The molecule has 0 amide bonds. The molecule has 1 atom stereocenters. The quantitative estimate of drug-likeness (QED) is 0.844. The van der Waals surface area contributed by atoms with Crippen molar-refractivity contribution in [1.29, 1.82) is 5.26 Å². The van der Waals surface area contributed by atoms with Crippen LogP contribution in [0.5, 0.6) is 28.7 Å². The highest BCUT2D eigenvalue weighted by atomic mass is 16.7. The molecule has 2 heterocycles. The molecule has 2 aliphatic rings. The topological polar surface area (TPSA) is 99.2 Å². The molecule has 29 heavy (non-hydrogen) atoms. The molecule has 8 nitrogen and oxygen atoms in total. The summed E-state index contributed by atoms with van der Waals surface area (Å²) in [4.78, 5) is 1.96. The normalized spacial score (nSPS) is 16.6. The number of methoxy groups -OCH3 is 2. The fraction of sp³-hybridized carbons (Fsp3) is 0.286. The minimum Gasteiger partial charge on any atom is -0.493 e. The van der Waals surface area contributed by atoms with E-state index in [2.05, 4.69) is 6.07 Å². The van der Waals surface area contributed by atoms with E-state index in [1.807, 2.05) is 37.2 Å². The molecular formula is C21H21N3O5. The van der Waals surface area contributed by atoms with Gasteiger partial charge in [0.1, 0.15) is 17.4 Å². The van der Waals surface area contributed by atoms with Crippen LogP contribution in [0.2, 0.25) is 0 Å². The van der Waals surface area contributed by atoms with Crippen LogP contribution in [0.15, 0.2) is 35.7 Å². The van der Waals surface area contributed by atoms with Gasteiger partial charge in [-0.2, -0.15) is 5.26 Å². The van der Waals surface area contributed by atoms with Crippen molar-refractivity contribution < 1.29 is 23.7 Å². The lowest BCUT2D eigenvalue weighted by atomic mass is 9.82. The molecule has 0 spiro atoms. The molecule has 0 unspecified atom stereocenters. The van der Waals surface area contributed by atoms with Crippen LogP contribution in [0.25, 0.3) is 0 Å². The summed E-state index contributed by atoms with van der Waals surface area (Å²) in [5, 5.41) is 9.84. The number of nitrogens with zero attached hydrogens (tertiary/aromatic N) is 2. The van der Waals surface area contributed by atoms with E-state index in [1.165, 1.54) is 0 Å². The lowest BCUT2D eigenvalue weighted by Crippen LogP contribution is -2.22. The number of hydrogen-bond acceptors (Lipinski definition) is 8. The van der Waals surface area contributed by atoms with E-state index in [-0.39, 0.29) is 18.2 Å². The van der Waals surface area contributed by atoms with Crippen LogP contribution in [-0.2, 0) is 0 Å². The molecule has 2 N–H and O–H groups in total. The van der Waals surface area contributed by atoms with Crippen LogP contribution in [-0.4, -0.2) is 35.1 Å². The van der Waals surface area contributed by atoms with Gasteiger partial charge in [-0.3, -0.25) is 0 Å². The molecule has 2 aliphatic heterocycles. The zero-order valence-corrected chi connectivity index (χ0v) is 16.6. The molecule has 4 rings (SSSR count). The maximum absolute atomic E-state index is 9.84. The van der Waals surface area contributed by atoms with Gasteiger partial charge in [-0.15, -0.1) is 0 Å². The van der Waals surface area contributed by atoms with Crippen LogP contribution in [0, 0.1) is 11.3 Å². The van der Waals surface area contributed by atoms with Gasteiger partial charge in [0.05, 0.1) is 20.1 Å². The zero-order valence-electron chi connectivity index (χ0n) is 16.6. The van der Waals surface area contributed by atoms with Crippen molar-refractivity contribution in [2.75, 3.05) is 40.0 Å². The molecular weight excluding hydrogens is 374 g/mol. The summed E-state index contributed by atoms with van der Waals surface area (Å²) >= 11 is 0. The van der Waals surface area contributed by atoms with Crippen LogP contribution in [0.3, 0.4) is 0 Å². The van der Waals surface area contributed by atoms with Crippen molar-refractivity contribution in [1.82, 2.24) is 0 Å². The molecule has 0 saturated carbocycles. The van der Waals surface area contributed by atoms with Crippen molar-refractivity contribution in [2.24, 2.45) is 5.73 Å². The van der Waals surface area contributed by atoms with E-state index in [1.54, 1.807) is 20.3 Å². The average Bonchev–Trinajstić information content (AvgIpc) is 3.20. The Labute approximate surface area is 168 Å². The van der Waals surface area contributed by atoms with Gasteiger partial charge < -0.3 is 34.3 Å². The second-order valence-electron chi connectivity index (χ2n) is 6.81. The third-order valence-electron chi connectivity index (χ3n) is 5.05. The standard InChI is InChI=1S/C21H21N3O5/c1-24(2)11-5-6-12-15(7-11)29-21(23)14(9-22)17(12)13-8-16(25-3)19-20(18(13)26-4)28-10-27-19/h5-8,17H,10,23H2,1-4H3/t17-/m0/s1. The lowest BCUT2D eigenvalue weighted by molar-refractivity contribution is 0.168. The van der Waals surface area contributed by atoms with Crippen molar-refractivity contribution in [3.05, 3.63) is 46.8 Å². The summed E-state index contributed by atoms with van der Waals surface area (Å²) in [6.07, 6.45) is 0. The van der Waals surface area contributed by atoms with E-state index in [9.17, 15) is 5.26 Å². The Hall–Kier alpha value is -3.73. The highest BCUT2D eigenvalue weighted by Gasteiger charge is 2.37. The predicted molar refractivity (Wildman–Crippen MR) is 106 cm³/mol. The first-order valence-electron chi connectivity index (χ1n) is 8.93. The van der Waals surface area contributed by atoms with Crippen molar-refractivity contribution in [3.8, 4) is 34.8 Å². The number of rotatable bonds is 4. The number of nitrogens with two attached hydrogens (primary N) is 1. The number of anilines is 1. The second-order valence-corrected chi connectivity index (χ2v) is 6.81. The molecule has 150 valence electrons. The Kier molecular flexibility index (Phi) is 4.51. The van der Waals surface area contributed by atoms with Gasteiger partial charge in [0.2, 0.25) is 24.2 Å². The molecule has 2 aromatic carbocycles. The summed E-state index contributed by atoms with van der Waals surface area (Å²) in [6, 6.07) is 9.75. The average molecular weight is 395 g/mol. The summed E-state index contributed by atoms with van der Waals surface area (Å²) in [6.45, 7) is 0.0607. The maximum atomic E-state index is 9.84. The minimum atomic E-state index is -0.515. The number of fused-ring (bicyclic) bond motifs is 2. The first-order valence-corrected chi connectivity index (χ1v) is 8.93. The van der Waals surface area contributed by atoms with Gasteiger partial charge in [-0.25, -0.2) is 0 Å². The summed E-state index contributed by atoms with van der Waals surface area (Å²) in [5.41, 5.74) is 8.83. The van der Waals surface area contributed by atoms with Crippen molar-refractivity contribution in [2.45, 2.75) is 5.92 Å². The SMILES string of the molecule is COc1cc([C@H]2C(C#N)=C(N)Oc3cc(N(C)C)ccc32)c(OC)c2c1OCO2. The van der Waals surface area contributed by atoms with Crippen LogP contribution >= 0.6 is 0 Å². The smallest absolute Gasteiger partial charge is 0.231 e. The Balaban J connectivity index is 1.98. The van der Waals surface area contributed by atoms with Crippen LogP contribution in [0.4, 0.5) is 5.69 Å². The third-order valence-corrected chi connectivity index (χ3v) is 5.05. The fourth-order valence-electron chi connectivity index (χ4n) is 3.65. The van der Waals surface area contributed by atoms with E-state index < -0.39 is 5.92 Å². The highest BCUT2D eigenvalue weighted by Crippen LogP contribution is 2.55. The van der Waals surface area contributed by atoms with Gasteiger partial charge in [-0.05, 0) is 12.1 Å². The molecule has 0 fully saturated rings. The van der Waals surface area contributed by atoms with Gasteiger partial charge in [0.15, 0.2) is 11.5 Å². The van der Waals surface area contributed by atoms with Gasteiger partial charge in [-0.1, -0.05) is 6.07 Å². The maximum Gasteiger partial charge on any atom is 0.231 e. The van der Waals surface area contributed by atoms with Gasteiger partial charge in [0, 0.05) is 37.0 Å². The van der Waals surface area contributed by atoms with E-state index >= 15 is 0 Å². The first kappa shape index (κ1) is 18.6. The number of benzene rings is 2. The largest absolute Gasteiger partial charge is 0.493 e. The predicted octanol–water partition coefficient (Wildman–Crippen LogP) is 2.72. The third kappa shape index (κ3) is 2.83. The first-order chi connectivity index (χ1) is 14.0. The summed E-state index contributed by atoms with van der Waals surface area (Å²) in [5.74, 6) is 1.99. The van der Waals surface area contributed by atoms with E-state index in [0.717, 1.165) is 11.3 Å². The number of nitriles is 1. The lowest BCUT2D eigenvalue weighted by Gasteiger charge is -2.29. The summed E-state index contributed by atoms with van der Waals surface area (Å²) < 4.78 is 28.1. The molecule has 0 radical (unpaired) electrons.